The maximum atomic E-state index is 12.7. The van der Waals surface area contributed by atoms with Gasteiger partial charge in [0, 0.05) is 24.0 Å². The van der Waals surface area contributed by atoms with E-state index in [2.05, 4.69) is 24.1 Å². The highest BCUT2D eigenvalue weighted by Gasteiger charge is 2.26. The van der Waals surface area contributed by atoms with E-state index in [1.807, 2.05) is 35.7 Å². The van der Waals surface area contributed by atoms with Gasteiger partial charge in [0.15, 0.2) is 0 Å². The van der Waals surface area contributed by atoms with E-state index in [9.17, 15) is 9.59 Å². The van der Waals surface area contributed by atoms with E-state index >= 15 is 0 Å². The topological polar surface area (TPSA) is 58.6 Å². The molecule has 0 bridgehead atoms. The molecule has 1 fully saturated rings. The molecule has 28 heavy (non-hydrogen) atoms. The molecule has 0 saturated carbocycles. The summed E-state index contributed by atoms with van der Waals surface area (Å²) in [4.78, 5) is 27.5. The van der Waals surface area contributed by atoms with Gasteiger partial charge in [-0.15, -0.1) is 11.3 Å². The Bertz CT molecular complexity index is 808. The number of rotatable bonds is 6. The second-order valence-corrected chi connectivity index (χ2v) is 8.51. The van der Waals surface area contributed by atoms with Crippen LogP contribution in [-0.2, 0) is 9.53 Å². The Kier molecular flexibility index (Phi) is 6.86. The van der Waals surface area contributed by atoms with Gasteiger partial charge in [0.2, 0.25) is 5.91 Å². The second kappa shape index (κ2) is 9.34. The smallest absolute Gasteiger partial charge is 0.341 e. The molecule has 1 aromatic heterocycles. The number of thiophene rings is 1. The average molecular weight is 401 g/mol. The number of nitrogens with zero attached hydrogens (tertiary/aromatic N) is 1. The molecule has 3 rings (SSSR count). The maximum absolute atomic E-state index is 12.7. The van der Waals surface area contributed by atoms with Crippen LogP contribution >= 0.6 is 11.3 Å². The van der Waals surface area contributed by atoms with Gasteiger partial charge in [0.05, 0.1) is 13.2 Å². The molecule has 0 spiro atoms. The first kappa shape index (κ1) is 20.6. The molecule has 150 valence electrons. The molecule has 0 aliphatic carbocycles. The van der Waals surface area contributed by atoms with E-state index in [0.29, 0.717) is 35.6 Å². The number of hydrogen-bond acceptors (Lipinski definition) is 5. The van der Waals surface area contributed by atoms with E-state index < -0.39 is 5.97 Å². The normalized spacial score (nSPS) is 20.0. The molecular formula is C22H28N2O3S. The number of carbonyl (C=O) groups excluding carboxylic acids is 2. The third-order valence-corrected chi connectivity index (χ3v) is 5.82. The molecule has 1 N–H and O–H groups in total. The predicted octanol–water partition coefficient (Wildman–Crippen LogP) is 4.51. The average Bonchev–Trinajstić information content (AvgIpc) is 3.05. The van der Waals surface area contributed by atoms with Crippen molar-refractivity contribution in [3.05, 3.63) is 41.3 Å². The van der Waals surface area contributed by atoms with Gasteiger partial charge in [0.25, 0.3) is 0 Å². The SMILES string of the molecule is CCOC(=O)c1c(-c2ccccc2)csc1NC(=O)CN1CC(C)CC(C)C1. The zero-order valence-corrected chi connectivity index (χ0v) is 17.6. The first-order valence-electron chi connectivity index (χ1n) is 9.84. The van der Waals surface area contributed by atoms with Crippen molar-refractivity contribution >= 4 is 28.2 Å². The fraction of sp³-hybridized carbons (Fsp3) is 0.455. The lowest BCUT2D eigenvalue weighted by Crippen LogP contribution is -2.42. The number of ether oxygens (including phenoxy) is 1. The van der Waals surface area contributed by atoms with Gasteiger partial charge in [-0.25, -0.2) is 4.79 Å². The number of hydrogen-bond donors (Lipinski definition) is 1. The van der Waals surface area contributed by atoms with Crippen molar-refractivity contribution < 1.29 is 14.3 Å². The number of esters is 1. The van der Waals surface area contributed by atoms with Crippen molar-refractivity contribution in [2.45, 2.75) is 27.2 Å². The summed E-state index contributed by atoms with van der Waals surface area (Å²) < 4.78 is 5.25. The number of nitrogens with one attached hydrogen (secondary N) is 1. The van der Waals surface area contributed by atoms with E-state index in [1.165, 1.54) is 17.8 Å². The van der Waals surface area contributed by atoms with E-state index in [1.54, 1.807) is 6.92 Å². The zero-order chi connectivity index (χ0) is 20.1. The molecule has 0 radical (unpaired) electrons. The summed E-state index contributed by atoms with van der Waals surface area (Å²) >= 11 is 1.37. The van der Waals surface area contributed by atoms with Crippen molar-refractivity contribution in [3.8, 4) is 11.1 Å². The van der Waals surface area contributed by atoms with Crippen LogP contribution in [0.3, 0.4) is 0 Å². The molecule has 1 aliphatic rings. The highest BCUT2D eigenvalue weighted by molar-refractivity contribution is 7.15. The Morgan fingerprint density at radius 3 is 2.50 bits per heavy atom. The van der Waals surface area contributed by atoms with E-state index in [4.69, 9.17) is 4.74 Å². The zero-order valence-electron chi connectivity index (χ0n) is 16.7. The maximum Gasteiger partial charge on any atom is 0.341 e. The Morgan fingerprint density at radius 1 is 1.18 bits per heavy atom. The van der Waals surface area contributed by atoms with Gasteiger partial charge in [-0.1, -0.05) is 44.2 Å². The molecule has 2 atom stereocenters. The number of anilines is 1. The Balaban J connectivity index is 1.78. The fourth-order valence-electron chi connectivity index (χ4n) is 3.98. The van der Waals surface area contributed by atoms with E-state index in [-0.39, 0.29) is 5.91 Å². The van der Waals surface area contributed by atoms with Gasteiger partial charge >= 0.3 is 5.97 Å². The minimum atomic E-state index is -0.405. The number of piperidine rings is 1. The molecule has 1 aliphatic heterocycles. The van der Waals surface area contributed by atoms with Crippen LogP contribution < -0.4 is 5.32 Å². The minimum Gasteiger partial charge on any atom is -0.462 e. The summed E-state index contributed by atoms with van der Waals surface area (Å²) in [6, 6.07) is 9.70. The standard InChI is InChI=1S/C22H28N2O3S/c1-4-27-22(26)20-18(17-8-6-5-7-9-17)14-28-21(20)23-19(25)13-24-11-15(2)10-16(3)12-24/h5-9,14-16H,4,10-13H2,1-3H3,(H,23,25). The third-order valence-electron chi connectivity index (χ3n) is 4.92. The summed E-state index contributed by atoms with van der Waals surface area (Å²) in [5.41, 5.74) is 2.16. The Morgan fingerprint density at radius 2 is 1.86 bits per heavy atom. The number of amides is 1. The number of carbonyl (C=O) groups is 2. The highest BCUT2D eigenvalue weighted by Crippen LogP contribution is 2.36. The van der Waals surface area contributed by atoms with Gasteiger partial charge < -0.3 is 10.1 Å². The molecule has 1 aromatic carbocycles. The number of benzene rings is 1. The molecule has 2 aromatic rings. The summed E-state index contributed by atoms with van der Waals surface area (Å²) in [5, 5.41) is 5.41. The molecule has 2 heterocycles. The summed E-state index contributed by atoms with van der Waals surface area (Å²) in [6.07, 6.45) is 1.20. The van der Waals surface area contributed by atoms with Gasteiger partial charge in [-0.05, 0) is 30.7 Å². The van der Waals surface area contributed by atoms with Crippen LogP contribution in [0.1, 0.15) is 37.6 Å². The predicted molar refractivity (Wildman–Crippen MR) is 114 cm³/mol. The van der Waals surface area contributed by atoms with Crippen molar-refractivity contribution in [1.29, 1.82) is 0 Å². The minimum absolute atomic E-state index is 0.0895. The molecular weight excluding hydrogens is 372 g/mol. The first-order valence-corrected chi connectivity index (χ1v) is 10.7. The lowest BCUT2D eigenvalue weighted by Gasteiger charge is -2.34. The van der Waals surface area contributed by atoms with Gasteiger partial charge in [-0.3, -0.25) is 9.69 Å². The van der Waals surface area contributed by atoms with Crippen molar-refractivity contribution in [2.24, 2.45) is 11.8 Å². The van der Waals surface area contributed by atoms with Crippen molar-refractivity contribution in [3.63, 3.8) is 0 Å². The number of likely N-dealkylation sites (tertiary alicyclic amines) is 1. The summed E-state index contributed by atoms with van der Waals surface area (Å²) in [5.74, 6) is 0.697. The van der Waals surface area contributed by atoms with Crippen molar-refractivity contribution in [2.75, 3.05) is 31.6 Å². The monoisotopic (exact) mass is 400 g/mol. The quantitative estimate of drug-likeness (QED) is 0.725. The molecule has 2 unspecified atom stereocenters. The van der Waals surface area contributed by atoms with Crippen LogP contribution in [0, 0.1) is 11.8 Å². The molecule has 1 amide bonds. The van der Waals surface area contributed by atoms with Crippen LogP contribution in [0.5, 0.6) is 0 Å². The highest BCUT2D eigenvalue weighted by atomic mass is 32.1. The Hall–Kier alpha value is -2.18. The summed E-state index contributed by atoms with van der Waals surface area (Å²) in [7, 11) is 0. The van der Waals surface area contributed by atoms with Crippen molar-refractivity contribution in [1.82, 2.24) is 4.90 Å². The van der Waals surface area contributed by atoms with Crippen LogP contribution in [0.15, 0.2) is 35.7 Å². The molecule has 1 saturated heterocycles. The Labute approximate surface area is 170 Å². The lowest BCUT2D eigenvalue weighted by atomic mass is 9.92. The second-order valence-electron chi connectivity index (χ2n) is 7.63. The molecule has 6 heteroatoms. The van der Waals surface area contributed by atoms with E-state index in [0.717, 1.165) is 24.2 Å². The largest absolute Gasteiger partial charge is 0.462 e. The third kappa shape index (κ3) is 5.00. The lowest BCUT2D eigenvalue weighted by molar-refractivity contribution is -0.117. The van der Waals surface area contributed by atoms with Gasteiger partial charge in [-0.2, -0.15) is 0 Å². The fourth-order valence-corrected chi connectivity index (χ4v) is 4.95. The van der Waals surface area contributed by atoms with Gasteiger partial charge in [0.1, 0.15) is 10.6 Å². The van der Waals surface area contributed by atoms with Crippen LogP contribution in [0.4, 0.5) is 5.00 Å². The molecule has 5 nitrogen and oxygen atoms in total. The van der Waals surface area contributed by atoms with Crippen LogP contribution in [0.25, 0.3) is 11.1 Å². The van der Waals surface area contributed by atoms with Crippen LogP contribution in [0.2, 0.25) is 0 Å². The van der Waals surface area contributed by atoms with Crippen LogP contribution in [-0.4, -0.2) is 43.0 Å². The summed E-state index contributed by atoms with van der Waals surface area (Å²) in [6.45, 7) is 8.73. The first-order chi connectivity index (χ1) is 13.5.